The highest BCUT2D eigenvalue weighted by Crippen LogP contribution is 2.30. The van der Waals surface area contributed by atoms with Crippen LogP contribution in [0.5, 0.6) is 0 Å². The van der Waals surface area contributed by atoms with E-state index in [4.69, 9.17) is 0 Å². The Balaban J connectivity index is 1.23. The zero-order valence-corrected chi connectivity index (χ0v) is 21.0. The van der Waals surface area contributed by atoms with Crippen molar-refractivity contribution < 1.29 is 0 Å². The molecule has 0 bridgehead atoms. The molecule has 0 aliphatic carbocycles. The van der Waals surface area contributed by atoms with Gasteiger partial charge in [0.15, 0.2) is 0 Å². The molecule has 4 nitrogen and oxygen atoms in total. The Hall–Kier alpha value is -3.11. The minimum absolute atomic E-state index is 0.146. The molecule has 35 heavy (non-hydrogen) atoms. The van der Waals surface area contributed by atoms with Crippen LogP contribution >= 0.6 is 0 Å². The third kappa shape index (κ3) is 4.99. The van der Waals surface area contributed by atoms with Crippen LogP contribution in [0.2, 0.25) is 0 Å². The molecule has 1 saturated heterocycles. The van der Waals surface area contributed by atoms with E-state index in [1.807, 2.05) is 16.7 Å². The second kappa shape index (κ2) is 10.7. The Morgan fingerprint density at radius 2 is 1.31 bits per heavy atom. The van der Waals surface area contributed by atoms with Crippen LogP contribution in [0, 0.1) is 0 Å². The van der Waals surface area contributed by atoms with E-state index in [2.05, 4.69) is 96.1 Å². The van der Waals surface area contributed by atoms with Crippen LogP contribution in [0.4, 0.5) is 0 Å². The maximum Gasteiger partial charge on any atom is 0.329 e. The molecular weight excluding hydrogens is 430 g/mol. The van der Waals surface area contributed by atoms with Crippen LogP contribution in [0.15, 0.2) is 89.7 Å². The lowest BCUT2D eigenvalue weighted by atomic mass is 9.87. The number of para-hydroxylation sites is 2. The minimum atomic E-state index is 0.146. The van der Waals surface area contributed by atoms with E-state index >= 15 is 0 Å². The van der Waals surface area contributed by atoms with Crippen molar-refractivity contribution in [1.29, 1.82) is 0 Å². The summed E-state index contributed by atoms with van der Waals surface area (Å²) in [5.74, 6) is 0.440. The largest absolute Gasteiger partial charge is 0.329 e. The van der Waals surface area contributed by atoms with E-state index in [0.717, 1.165) is 49.9 Å². The molecule has 0 N–H and O–H groups in total. The summed E-state index contributed by atoms with van der Waals surface area (Å²) in [7, 11) is 0. The predicted octanol–water partition coefficient (Wildman–Crippen LogP) is 6.63. The first-order chi connectivity index (χ1) is 17.1. The van der Waals surface area contributed by atoms with Gasteiger partial charge in [0.05, 0.1) is 11.0 Å². The summed E-state index contributed by atoms with van der Waals surface area (Å²) >= 11 is 0. The van der Waals surface area contributed by atoms with Crippen molar-refractivity contribution in [2.24, 2.45) is 0 Å². The number of piperidine rings is 1. The number of benzene rings is 3. The Labute approximate surface area is 208 Å². The highest BCUT2D eigenvalue weighted by Gasteiger charge is 2.26. The molecule has 1 aliphatic heterocycles. The first-order valence-electron chi connectivity index (χ1n) is 13.2. The molecule has 2 heterocycles. The lowest BCUT2D eigenvalue weighted by Gasteiger charge is -2.33. The van der Waals surface area contributed by atoms with Gasteiger partial charge in [-0.05, 0) is 69.3 Å². The standard InChI is InChI=1S/C31H37N3O/c1-24(2)33-29-17-9-10-18-30(29)34(31(33)35)27-19-22-32(23-20-27)21-11-16-28(25-12-5-3-6-13-25)26-14-7-4-8-15-26/h3-10,12-15,17-18,24,27-28H,11,16,19-23H2,1-2H3. The van der Waals surface area contributed by atoms with Gasteiger partial charge in [-0.25, -0.2) is 4.79 Å². The highest BCUT2D eigenvalue weighted by atomic mass is 16.1. The number of hydrogen-bond donors (Lipinski definition) is 0. The molecule has 182 valence electrons. The quantitative estimate of drug-likeness (QED) is 0.291. The van der Waals surface area contributed by atoms with Gasteiger partial charge in [0.25, 0.3) is 0 Å². The van der Waals surface area contributed by atoms with E-state index in [0.29, 0.717) is 5.92 Å². The van der Waals surface area contributed by atoms with Crippen molar-refractivity contribution >= 4 is 11.0 Å². The van der Waals surface area contributed by atoms with Crippen molar-refractivity contribution in [2.45, 2.75) is 57.5 Å². The monoisotopic (exact) mass is 467 g/mol. The third-order valence-electron chi connectivity index (χ3n) is 7.62. The van der Waals surface area contributed by atoms with Crippen LogP contribution < -0.4 is 5.69 Å². The van der Waals surface area contributed by atoms with Crippen molar-refractivity contribution in [1.82, 2.24) is 14.0 Å². The summed E-state index contributed by atoms with van der Waals surface area (Å²) in [6.45, 7) is 7.42. The van der Waals surface area contributed by atoms with Gasteiger partial charge in [0, 0.05) is 31.1 Å². The lowest BCUT2D eigenvalue weighted by molar-refractivity contribution is 0.183. The summed E-state index contributed by atoms with van der Waals surface area (Å²) in [6.07, 6.45) is 4.39. The van der Waals surface area contributed by atoms with Gasteiger partial charge < -0.3 is 4.90 Å². The number of fused-ring (bicyclic) bond motifs is 1. The van der Waals surface area contributed by atoms with Gasteiger partial charge in [0.1, 0.15) is 0 Å². The van der Waals surface area contributed by atoms with Crippen molar-refractivity contribution in [3.63, 3.8) is 0 Å². The average molecular weight is 468 g/mol. The molecule has 1 aliphatic rings. The third-order valence-corrected chi connectivity index (χ3v) is 7.62. The molecular formula is C31H37N3O. The normalized spacial score (nSPS) is 15.4. The topological polar surface area (TPSA) is 30.2 Å². The van der Waals surface area contributed by atoms with Gasteiger partial charge in [-0.1, -0.05) is 72.8 Å². The van der Waals surface area contributed by atoms with Gasteiger partial charge in [0.2, 0.25) is 0 Å². The molecule has 0 unspecified atom stereocenters. The molecule has 4 heteroatoms. The second-order valence-electron chi connectivity index (χ2n) is 10.2. The van der Waals surface area contributed by atoms with Crippen LogP contribution in [-0.2, 0) is 0 Å². The van der Waals surface area contributed by atoms with E-state index in [1.54, 1.807) is 0 Å². The zero-order chi connectivity index (χ0) is 24.2. The average Bonchev–Trinajstić information content (AvgIpc) is 3.20. The minimum Gasteiger partial charge on any atom is -0.303 e. The van der Waals surface area contributed by atoms with Crippen LogP contribution in [-0.4, -0.2) is 33.7 Å². The van der Waals surface area contributed by atoms with E-state index in [1.165, 1.54) is 17.5 Å². The summed E-state index contributed by atoms with van der Waals surface area (Å²) in [5.41, 5.74) is 5.09. The number of likely N-dealkylation sites (tertiary alicyclic amines) is 1. The number of hydrogen-bond acceptors (Lipinski definition) is 2. The number of nitrogens with zero attached hydrogens (tertiary/aromatic N) is 3. The van der Waals surface area contributed by atoms with E-state index in [-0.39, 0.29) is 17.8 Å². The summed E-state index contributed by atoms with van der Waals surface area (Å²) < 4.78 is 4.03. The molecule has 0 spiro atoms. The Bertz CT molecular complexity index is 1240. The lowest BCUT2D eigenvalue weighted by Crippen LogP contribution is -2.38. The predicted molar refractivity (Wildman–Crippen MR) is 145 cm³/mol. The Kier molecular flexibility index (Phi) is 7.19. The first-order valence-corrected chi connectivity index (χ1v) is 13.2. The number of imidazole rings is 1. The number of rotatable bonds is 8. The van der Waals surface area contributed by atoms with E-state index < -0.39 is 0 Å². The molecule has 5 rings (SSSR count). The first kappa shape index (κ1) is 23.6. The summed E-state index contributed by atoms with van der Waals surface area (Å²) in [6, 6.07) is 30.5. The molecule has 3 aromatic carbocycles. The summed E-state index contributed by atoms with van der Waals surface area (Å²) in [4.78, 5) is 15.9. The smallest absolute Gasteiger partial charge is 0.303 e. The van der Waals surface area contributed by atoms with Crippen LogP contribution in [0.1, 0.15) is 68.7 Å². The van der Waals surface area contributed by atoms with Gasteiger partial charge >= 0.3 is 5.69 Å². The Morgan fingerprint density at radius 3 is 1.89 bits per heavy atom. The molecule has 0 atom stereocenters. The van der Waals surface area contributed by atoms with Gasteiger partial charge in [-0.15, -0.1) is 0 Å². The maximum atomic E-state index is 13.3. The van der Waals surface area contributed by atoms with E-state index in [9.17, 15) is 4.79 Å². The second-order valence-corrected chi connectivity index (χ2v) is 10.2. The fourth-order valence-electron chi connectivity index (χ4n) is 5.86. The van der Waals surface area contributed by atoms with Gasteiger partial charge in [-0.2, -0.15) is 0 Å². The van der Waals surface area contributed by atoms with Crippen molar-refractivity contribution in [3.8, 4) is 0 Å². The fraction of sp³-hybridized carbons (Fsp3) is 0.387. The van der Waals surface area contributed by atoms with Crippen molar-refractivity contribution in [3.05, 3.63) is 107 Å². The zero-order valence-electron chi connectivity index (χ0n) is 21.0. The Morgan fingerprint density at radius 1 is 0.771 bits per heavy atom. The molecule has 0 radical (unpaired) electrons. The SMILES string of the molecule is CC(C)n1c(=O)n(C2CCN(CCCC(c3ccccc3)c3ccccc3)CC2)c2ccccc21. The van der Waals surface area contributed by atoms with Crippen molar-refractivity contribution in [2.75, 3.05) is 19.6 Å². The molecule has 0 amide bonds. The van der Waals surface area contributed by atoms with Crippen LogP contribution in [0.25, 0.3) is 11.0 Å². The molecule has 0 saturated carbocycles. The van der Waals surface area contributed by atoms with Crippen LogP contribution in [0.3, 0.4) is 0 Å². The molecule has 1 aromatic heterocycles. The summed E-state index contributed by atoms with van der Waals surface area (Å²) in [5, 5.41) is 0. The fourth-order valence-corrected chi connectivity index (χ4v) is 5.86. The van der Waals surface area contributed by atoms with Gasteiger partial charge in [-0.3, -0.25) is 9.13 Å². The highest BCUT2D eigenvalue weighted by molar-refractivity contribution is 5.76. The maximum absolute atomic E-state index is 13.3. The molecule has 4 aromatic rings. The molecule has 1 fully saturated rings. The number of aromatic nitrogens is 2.